The molecule has 54 heavy (non-hydrogen) atoms. The highest BCUT2D eigenvalue weighted by Gasteiger charge is 2.18. The molecule has 0 aliphatic rings. The fourth-order valence-electron chi connectivity index (χ4n) is 7.73. The molecule has 2 heterocycles. The predicted octanol–water partition coefficient (Wildman–Crippen LogP) is 12.2. The molecule has 10 aromatic rings. The van der Waals surface area contributed by atoms with Crippen LogP contribution in [0.4, 0.5) is 0 Å². The predicted molar refractivity (Wildman–Crippen MR) is 223 cm³/mol. The number of rotatable bonds is 6. The average Bonchev–Trinajstić information content (AvgIpc) is 3.58. The number of fused-ring (bicyclic) bond motifs is 4. The number of hydrogen-bond acceptors (Lipinski definition) is 2. The van der Waals surface area contributed by atoms with E-state index in [1.54, 1.807) is 4.57 Å². The Hall–Kier alpha value is -7.30. The Labute approximate surface area is 312 Å². The van der Waals surface area contributed by atoms with Crippen LogP contribution in [0.15, 0.2) is 205 Å². The minimum Gasteiger partial charge on any atom is -0.309 e. The van der Waals surface area contributed by atoms with Crippen molar-refractivity contribution in [3.63, 3.8) is 0 Å². The molecule has 0 atom stereocenters. The summed E-state index contributed by atoms with van der Waals surface area (Å²) in [6.45, 7) is 0. The topological polar surface area (TPSA) is 39.8 Å². The first-order valence-corrected chi connectivity index (χ1v) is 18.2. The molecule has 0 saturated heterocycles. The van der Waals surface area contributed by atoms with Crippen LogP contribution in [-0.2, 0) is 0 Å². The van der Waals surface area contributed by atoms with Crippen LogP contribution in [0.5, 0.6) is 0 Å². The second kappa shape index (κ2) is 13.0. The number of nitrogens with zero attached hydrogens (tertiary/aromatic N) is 3. The molecule has 2 aromatic heterocycles. The van der Waals surface area contributed by atoms with E-state index >= 15 is 0 Å². The lowest BCUT2D eigenvalue weighted by Gasteiger charge is -2.16. The third-order valence-corrected chi connectivity index (χ3v) is 10.3. The molecule has 0 aliphatic carbocycles. The third kappa shape index (κ3) is 5.40. The molecule has 0 N–H and O–H groups in total. The summed E-state index contributed by atoms with van der Waals surface area (Å²) in [6, 6.07) is 68.7. The van der Waals surface area contributed by atoms with Crippen LogP contribution >= 0.6 is 0 Å². The van der Waals surface area contributed by atoms with Gasteiger partial charge in [0.15, 0.2) is 0 Å². The van der Waals surface area contributed by atoms with Gasteiger partial charge in [0.1, 0.15) is 5.82 Å². The Morgan fingerprint density at radius 1 is 0.333 bits per heavy atom. The molecule has 10 rings (SSSR count). The van der Waals surface area contributed by atoms with Crippen molar-refractivity contribution < 1.29 is 0 Å². The maximum Gasteiger partial charge on any atom is 0.266 e. The molecule has 8 aromatic carbocycles. The van der Waals surface area contributed by atoms with E-state index in [4.69, 9.17) is 4.98 Å². The first-order chi connectivity index (χ1) is 26.7. The normalized spacial score (nSPS) is 11.4. The standard InChI is InChI=1S/C50H33N3O/c54-50-44-28-26-39(38-27-29-48-45(32-38)43-24-10-11-25-47(43)52(48)41-21-8-3-9-22-41)33-46(44)51-49(40-20-12-18-36(30-40)34-14-4-1-5-15-34)53(50)42-23-13-19-37(31-42)35-16-6-2-7-17-35/h1-33H. The van der Waals surface area contributed by atoms with Gasteiger partial charge in [-0.1, -0.05) is 140 Å². The van der Waals surface area contributed by atoms with Crippen LogP contribution in [0, 0.1) is 0 Å². The Bertz CT molecular complexity index is 3050. The van der Waals surface area contributed by atoms with E-state index in [1.165, 1.54) is 10.8 Å². The Morgan fingerprint density at radius 3 is 1.63 bits per heavy atom. The lowest BCUT2D eigenvalue weighted by Crippen LogP contribution is -2.22. The molecular formula is C50H33N3O. The summed E-state index contributed by atoms with van der Waals surface area (Å²) in [5.41, 5.74) is 11.9. The summed E-state index contributed by atoms with van der Waals surface area (Å²) in [5.74, 6) is 0.592. The number of aromatic nitrogens is 3. The van der Waals surface area contributed by atoms with Crippen LogP contribution in [0.25, 0.3) is 88.9 Å². The molecule has 0 aliphatic heterocycles. The van der Waals surface area contributed by atoms with Crippen molar-refractivity contribution in [3.8, 4) is 56.1 Å². The molecule has 254 valence electrons. The summed E-state index contributed by atoms with van der Waals surface area (Å²) in [7, 11) is 0. The van der Waals surface area contributed by atoms with Crippen LogP contribution < -0.4 is 5.56 Å². The minimum atomic E-state index is -0.113. The Balaban J connectivity index is 1.17. The highest BCUT2D eigenvalue weighted by atomic mass is 16.1. The Morgan fingerprint density at radius 2 is 0.870 bits per heavy atom. The summed E-state index contributed by atoms with van der Waals surface area (Å²) < 4.78 is 4.09. The van der Waals surface area contributed by atoms with Gasteiger partial charge in [0.2, 0.25) is 0 Å². The quantitative estimate of drug-likeness (QED) is 0.174. The lowest BCUT2D eigenvalue weighted by molar-refractivity contribution is 0.976. The van der Waals surface area contributed by atoms with Gasteiger partial charge in [0.25, 0.3) is 5.56 Å². The molecule has 0 amide bonds. The molecule has 0 saturated carbocycles. The highest BCUT2D eigenvalue weighted by Crippen LogP contribution is 2.36. The largest absolute Gasteiger partial charge is 0.309 e. The smallest absolute Gasteiger partial charge is 0.266 e. The van der Waals surface area contributed by atoms with Crippen molar-refractivity contribution in [3.05, 3.63) is 211 Å². The van der Waals surface area contributed by atoms with Crippen molar-refractivity contribution in [1.29, 1.82) is 0 Å². The maximum atomic E-state index is 14.8. The van der Waals surface area contributed by atoms with Crippen molar-refractivity contribution in [2.45, 2.75) is 0 Å². The monoisotopic (exact) mass is 691 g/mol. The van der Waals surface area contributed by atoms with E-state index in [9.17, 15) is 4.79 Å². The van der Waals surface area contributed by atoms with Gasteiger partial charge >= 0.3 is 0 Å². The molecule has 0 spiro atoms. The SMILES string of the molecule is O=c1c2ccc(-c3ccc4c(c3)c3ccccc3n4-c3ccccc3)cc2nc(-c2cccc(-c3ccccc3)c2)n1-c1cccc(-c2ccccc2)c1. The fraction of sp³-hybridized carbons (Fsp3) is 0. The molecule has 0 unspecified atom stereocenters. The zero-order valence-electron chi connectivity index (χ0n) is 29.3. The highest BCUT2D eigenvalue weighted by molar-refractivity contribution is 6.10. The molecule has 0 fully saturated rings. The Kier molecular flexibility index (Phi) is 7.59. The molecular weight excluding hydrogens is 659 g/mol. The van der Waals surface area contributed by atoms with Gasteiger partial charge in [0.05, 0.1) is 27.6 Å². The van der Waals surface area contributed by atoms with E-state index < -0.39 is 0 Å². The van der Waals surface area contributed by atoms with E-state index in [2.05, 4.69) is 126 Å². The van der Waals surface area contributed by atoms with E-state index in [1.807, 2.05) is 78.9 Å². The van der Waals surface area contributed by atoms with Crippen molar-refractivity contribution in [1.82, 2.24) is 14.1 Å². The van der Waals surface area contributed by atoms with Gasteiger partial charge in [-0.05, 0) is 94.0 Å². The van der Waals surface area contributed by atoms with Gasteiger partial charge in [-0.2, -0.15) is 0 Å². The van der Waals surface area contributed by atoms with E-state index in [0.29, 0.717) is 16.7 Å². The molecule has 4 nitrogen and oxygen atoms in total. The first-order valence-electron chi connectivity index (χ1n) is 18.2. The average molecular weight is 692 g/mol. The summed E-state index contributed by atoms with van der Waals surface area (Å²) in [6.07, 6.45) is 0. The lowest BCUT2D eigenvalue weighted by atomic mass is 10.0. The van der Waals surface area contributed by atoms with Crippen LogP contribution in [0.3, 0.4) is 0 Å². The number of hydrogen-bond donors (Lipinski definition) is 0. The van der Waals surface area contributed by atoms with Crippen molar-refractivity contribution >= 4 is 32.7 Å². The number of para-hydroxylation sites is 2. The van der Waals surface area contributed by atoms with Gasteiger partial charge in [-0.15, -0.1) is 0 Å². The zero-order valence-corrected chi connectivity index (χ0v) is 29.3. The molecule has 0 radical (unpaired) electrons. The van der Waals surface area contributed by atoms with E-state index in [-0.39, 0.29) is 5.56 Å². The van der Waals surface area contributed by atoms with Gasteiger partial charge < -0.3 is 4.57 Å². The van der Waals surface area contributed by atoms with Crippen molar-refractivity contribution in [2.24, 2.45) is 0 Å². The van der Waals surface area contributed by atoms with Gasteiger partial charge in [-0.3, -0.25) is 9.36 Å². The maximum absolute atomic E-state index is 14.8. The van der Waals surface area contributed by atoms with Crippen LogP contribution in [-0.4, -0.2) is 14.1 Å². The first kappa shape index (κ1) is 31.4. The summed E-state index contributed by atoms with van der Waals surface area (Å²) >= 11 is 0. The minimum absolute atomic E-state index is 0.113. The van der Waals surface area contributed by atoms with Crippen molar-refractivity contribution in [2.75, 3.05) is 0 Å². The fourth-order valence-corrected chi connectivity index (χ4v) is 7.73. The van der Waals surface area contributed by atoms with Crippen LogP contribution in [0.1, 0.15) is 0 Å². The molecule has 4 heteroatoms. The third-order valence-electron chi connectivity index (χ3n) is 10.3. The van der Waals surface area contributed by atoms with Crippen LogP contribution in [0.2, 0.25) is 0 Å². The molecule has 0 bridgehead atoms. The van der Waals surface area contributed by atoms with Gasteiger partial charge in [0, 0.05) is 22.0 Å². The van der Waals surface area contributed by atoms with E-state index in [0.717, 1.165) is 61.4 Å². The zero-order chi connectivity index (χ0) is 36.0. The summed E-state index contributed by atoms with van der Waals surface area (Å²) in [4.78, 5) is 20.1. The summed E-state index contributed by atoms with van der Waals surface area (Å²) in [5, 5.41) is 2.93. The van der Waals surface area contributed by atoms with Gasteiger partial charge in [-0.25, -0.2) is 4.98 Å². The second-order valence-electron chi connectivity index (χ2n) is 13.6. The second-order valence-corrected chi connectivity index (χ2v) is 13.6. The number of benzene rings is 8.